The molecular weight excluding hydrogens is 288 g/mol. The molecule has 1 atom stereocenters. The van der Waals surface area contributed by atoms with Crippen LogP contribution < -0.4 is 15.8 Å². The molecule has 0 radical (unpaired) electrons. The number of halogens is 1. The third-order valence-electron chi connectivity index (χ3n) is 3.01. The number of hydrogen-bond donors (Lipinski definition) is 2. The lowest BCUT2D eigenvalue weighted by Gasteiger charge is -2.19. The van der Waals surface area contributed by atoms with Crippen molar-refractivity contribution < 1.29 is 9.53 Å². The fourth-order valence-electron chi connectivity index (χ4n) is 2.02. The van der Waals surface area contributed by atoms with E-state index >= 15 is 0 Å². The molecule has 0 fully saturated rings. The monoisotopic (exact) mass is 304 g/mol. The predicted molar refractivity (Wildman–Crippen MR) is 84.8 cm³/mol. The van der Waals surface area contributed by atoms with Crippen LogP contribution in [0.4, 0.5) is 10.5 Å². The zero-order chi connectivity index (χ0) is 15.2. The first kappa shape index (κ1) is 15.2. The van der Waals surface area contributed by atoms with E-state index in [4.69, 9.17) is 22.1 Å². The Bertz CT molecular complexity index is 617. The first-order valence-corrected chi connectivity index (χ1v) is 7.05. The molecule has 110 valence electrons. The maximum Gasteiger partial charge on any atom is 0.316 e. The number of anilines is 1. The number of nitrogens with two attached hydrogens (primary N) is 1. The van der Waals surface area contributed by atoms with E-state index in [0.717, 1.165) is 12.0 Å². The van der Waals surface area contributed by atoms with Crippen molar-refractivity contribution in [2.75, 3.05) is 5.32 Å². The average Bonchev–Trinajstić information content (AvgIpc) is 2.47. The molecule has 5 heteroatoms. The van der Waals surface area contributed by atoms with Crippen LogP contribution in [0.15, 0.2) is 48.5 Å². The van der Waals surface area contributed by atoms with E-state index in [2.05, 4.69) is 12.2 Å². The Hall–Kier alpha value is -2.20. The van der Waals surface area contributed by atoms with Gasteiger partial charge in [0.2, 0.25) is 0 Å². The van der Waals surface area contributed by atoms with Crippen LogP contribution in [-0.4, -0.2) is 6.03 Å². The molecule has 0 aliphatic carbocycles. The van der Waals surface area contributed by atoms with Crippen molar-refractivity contribution in [2.24, 2.45) is 5.73 Å². The summed E-state index contributed by atoms with van der Waals surface area (Å²) >= 11 is 6.18. The van der Waals surface area contributed by atoms with Crippen molar-refractivity contribution in [2.45, 2.75) is 19.4 Å². The minimum Gasteiger partial charge on any atom is -0.484 e. The maximum absolute atomic E-state index is 10.8. The molecule has 0 bridgehead atoms. The minimum atomic E-state index is -0.629. The van der Waals surface area contributed by atoms with Gasteiger partial charge in [0, 0.05) is 5.69 Å². The number of nitrogens with one attached hydrogen (secondary N) is 1. The Morgan fingerprint density at radius 2 is 2.00 bits per heavy atom. The summed E-state index contributed by atoms with van der Waals surface area (Å²) < 4.78 is 5.96. The van der Waals surface area contributed by atoms with Gasteiger partial charge < -0.3 is 15.8 Å². The highest BCUT2D eigenvalue weighted by Crippen LogP contribution is 2.32. The van der Waals surface area contributed by atoms with Crippen molar-refractivity contribution in [3.05, 3.63) is 59.1 Å². The quantitative estimate of drug-likeness (QED) is 0.862. The van der Waals surface area contributed by atoms with Gasteiger partial charge in [-0.1, -0.05) is 48.9 Å². The van der Waals surface area contributed by atoms with E-state index in [1.54, 1.807) is 18.2 Å². The second-order valence-electron chi connectivity index (χ2n) is 4.56. The summed E-state index contributed by atoms with van der Waals surface area (Å²) in [7, 11) is 0. The first-order valence-electron chi connectivity index (χ1n) is 6.67. The van der Waals surface area contributed by atoms with Crippen LogP contribution in [0.25, 0.3) is 0 Å². The van der Waals surface area contributed by atoms with Crippen LogP contribution in [0.3, 0.4) is 0 Å². The van der Waals surface area contributed by atoms with Gasteiger partial charge in [0.25, 0.3) is 0 Å². The maximum atomic E-state index is 10.8. The van der Waals surface area contributed by atoms with E-state index in [9.17, 15) is 4.79 Å². The first-order chi connectivity index (χ1) is 10.1. The van der Waals surface area contributed by atoms with Gasteiger partial charge in [-0.15, -0.1) is 0 Å². The van der Waals surface area contributed by atoms with Crippen molar-refractivity contribution in [1.82, 2.24) is 0 Å². The standard InChI is InChI=1S/C16H17ClN2O2/c1-2-14(11-6-4-3-5-7-11)21-15-9-8-12(10-13(15)17)19-16(18)20/h3-10,14H,2H2,1H3,(H3,18,19,20). The molecule has 0 saturated carbocycles. The molecule has 2 aromatic rings. The summed E-state index contributed by atoms with van der Waals surface area (Å²) in [4.78, 5) is 10.8. The molecular formula is C16H17ClN2O2. The number of carbonyl (C=O) groups is 1. The molecule has 1 unspecified atom stereocenters. The molecule has 0 saturated heterocycles. The van der Waals surface area contributed by atoms with Gasteiger partial charge in [0.05, 0.1) is 5.02 Å². The van der Waals surface area contributed by atoms with Crippen LogP contribution in [0.1, 0.15) is 25.0 Å². The van der Waals surface area contributed by atoms with E-state index in [1.165, 1.54) is 0 Å². The fourth-order valence-corrected chi connectivity index (χ4v) is 2.25. The lowest BCUT2D eigenvalue weighted by atomic mass is 10.1. The van der Waals surface area contributed by atoms with E-state index in [-0.39, 0.29) is 6.10 Å². The van der Waals surface area contributed by atoms with Gasteiger partial charge in [-0.3, -0.25) is 0 Å². The number of benzene rings is 2. The molecule has 2 aromatic carbocycles. The van der Waals surface area contributed by atoms with Crippen molar-refractivity contribution in [3.63, 3.8) is 0 Å². The summed E-state index contributed by atoms with van der Waals surface area (Å²) in [6.45, 7) is 2.05. The highest BCUT2D eigenvalue weighted by atomic mass is 35.5. The van der Waals surface area contributed by atoms with Crippen molar-refractivity contribution in [1.29, 1.82) is 0 Å². The highest BCUT2D eigenvalue weighted by molar-refractivity contribution is 6.32. The zero-order valence-corrected chi connectivity index (χ0v) is 12.4. The predicted octanol–water partition coefficient (Wildman–Crippen LogP) is 4.36. The molecule has 2 amide bonds. The number of hydrogen-bond acceptors (Lipinski definition) is 2. The van der Waals surface area contributed by atoms with Gasteiger partial charge in [-0.2, -0.15) is 0 Å². The topological polar surface area (TPSA) is 64.3 Å². The number of carbonyl (C=O) groups excluding carboxylic acids is 1. The Morgan fingerprint density at radius 1 is 1.29 bits per heavy atom. The lowest BCUT2D eigenvalue weighted by Crippen LogP contribution is -2.19. The Morgan fingerprint density at radius 3 is 2.57 bits per heavy atom. The molecule has 4 nitrogen and oxygen atoms in total. The van der Waals surface area contributed by atoms with E-state index < -0.39 is 6.03 Å². The third-order valence-corrected chi connectivity index (χ3v) is 3.31. The number of ether oxygens (including phenoxy) is 1. The molecule has 2 rings (SSSR count). The number of rotatable bonds is 5. The van der Waals surface area contributed by atoms with E-state index in [0.29, 0.717) is 16.5 Å². The van der Waals surface area contributed by atoms with Crippen LogP contribution in [0.5, 0.6) is 5.75 Å². The zero-order valence-electron chi connectivity index (χ0n) is 11.7. The Labute approximate surface area is 128 Å². The molecule has 0 spiro atoms. The Balaban J connectivity index is 2.16. The van der Waals surface area contributed by atoms with Gasteiger partial charge in [0.1, 0.15) is 11.9 Å². The molecule has 21 heavy (non-hydrogen) atoms. The number of primary amides is 1. The van der Waals surface area contributed by atoms with Crippen LogP contribution >= 0.6 is 11.6 Å². The van der Waals surface area contributed by atoms with Crippen molar-refractivity contribution in [3.8, 4) is 5.75 Å². The van der Waals surface area contributed by atoms with Gasteiger partial charge in [-0.05, 0) is 30.2 Å². The highest BCUT2D eigenvalue weighted by Gasteiger charge is 2.13. The SMILES string of the molecule is CCC(Oc1ccc(NC(N)=O)cc1Cl)c1ccccc1. The second-order valence-corrected chi connectivity index (χ2v) is 4.97. The van der Waals surface area contributed by atoms with Gasteiger partial charge in [-0.25, -0.2) is 4.79 Å². The van der Waals surface area contributed by atoms with Crippen LogP contribution in [0.2, 0.25) is 5.02 Å². The summed E-state index contributed by atoms with van der Waals surface area (Å²) in [6, 6.07) is 14.4. The minimum absolute atomic E-state index is 0.0707. The average molecular weight is 305 g/mol. The Kier molecular flexibility index (Phi) is 5.06. The molecule has 0 heterocycles. The smallest absolute Gasteiger partial charge is 0.316 e. The largest absolute Gasteiger partial charge is 0.484 e. The summed E-state index contributed by atoms with van der Waals surface area (Å²) in [6.07, 6.45) is 0.750. The molecule has 3 N–H and O–H groups in total. The van der Waals surface area contributed by atoms with Crippen LogP contribution in [-0.2, 0) is 0 Å². The molecule has 0 aromatic heterocycles. The van der Waals surface area contributed by atoms with Crippen molar-refractivity contribution >= 4 is 23.3 Å². The second kappa shape index (κ2) is 6.99. The number of amides is 2. The molecule has 0 aliphatic rings. The van der Waals surface area contributed by atoms with Gasteiger partial charge in [0.15, 0.2) is 0 Å². The van der Waals surface area contributed by atoms with Gasteiger partial charge >= 0.3 is 6.03 Å². The van der Waals surface area contributed by atoms with Crippen LogP contribution in [0, 0.1) is 0 Å². The normalized spacial score (nSPS) is 11.7. The summed E-state index contributed by atoms with van der Waals surface area (Å²) in [5.41, 5.74) is 6.69. The fraction of sp³-hybridized carbons (Fsp3) is 0.188. The van der Waals surface area contributed by atoms with E-state index in [1.807, 2.05) is 30.3 Å². The molecule has 0 aliphatic heterocycles. The lowest BCUT2D eigenvalue weighted by molar-refractivity contribution is 0.201. The number of urea groups is 1. The third kappa shape index (κ3) is 4.13. The summed E-state index contributed by atoms with van der Waals surface area (Å²) in [5.74, 6) is 0.572. The summed E-state index contributed by atoms with van der Waals surface area (Å²) in [5, 5.41) is 2.90.